The van der Waals surface area contributed by atoms with E-state index in [4.69, 9.17) is 4.74 Å². The Bertz CT molecular complexity index is 854. The monoisotopic (exact) mass is 383 g/mol. The lowest BCUT2D eigenvalue weighted by Gasteiger charge is -2.25. The number of anilines is 1. The third-order valence-corrected chi connectivity index (χ3v) is 3.29. The fraction of sp³-hybridized carbons (Fsp3) is 0.263. The maximum atomic E-state index is 14.0. The summed E-state index contributed by atoms with van der Waals surface area (Å²) in [6, 6.07) is 5.24. The minimum atomic E-state index is -1.44. The molecule has 0 aliphatic heterocycles. The van der Waals surface area contributed by atoms with Crippen molar-refractivity contribution in [3.63, 3.8) is 0 Å². The van der Waals surface area contributed by atoms with E-state index in [9.17, 15) is 27.2 Å². The number of carbonyl (C=O) groups excluding carboxylic acids is 2. The van der Waals surface area contributed by atoms with Crippen LogP contribution in [0.2, 0.25) is 0 Å². The lowest BCUT2D eigenvalue weighted by molar-refractivity contribution is -0.152. The van der Waals surface area contributed by atoms with Crippen LogP contribution in [0.5, 0.6) is 0 Å². The van der Waals surface area contributed by atoms with E-state index in [1.165, 1.54) is 12.1 Å². The minimum Gasteiger partial charge on any atom is -0.459 e. The SMILES string of the molecule is CC(C)(C)OC(=O)CN(C(=O)c1c(F)cc(F)cc1F)c1cccc(F)c1. The number of benzene rings is 2. The predicted molar refractivity (Wildman–Crippen MR) is 90.2 cm³/mol. The molecule has 0 N–H and O–H groups in total. The molecule has 0 atom stereocenters. The van der Waals surface area contributed by atoms with Crippen molar-refractivity contribution in [3.05, 3.63) is 65.2 Å². The average Bonchev–Trinajstić information content (AvgIpc) is 2.49. The van der Waals surface area contributed by atoms with Crippen LogP contribution in [0.4, 0.5) is 23.2 Å². The lowest BCUT2D eigenvalue weighted by atomic mass is 10.1. The maximum Gasteiger partial charge on any atom is 0.326 e. The Balaban J connectivity index is 2.46. The van der Waals surface area contributed by atoms with Gasteiger partial charge < -0.3 is 4.74 Å². The summed E-state index contributed by atoms with van der Waals surface area (Å²) in [6.45, 7) is 4.06. The highest BCUT2D eigenvalue weighted by Crippen LogP contribution is 2.23. The van der Waals surface area contributed by atoms with Gasteiger partial charge in [-0.25, -0.2) is 17.6 Å². The van der Waals surface area contributed by atoms with Crippen LogP contribution in [0.25, 0.3) is 0 Å². The number of halogens is 4. The van der Waals surface area contributed by atoms with Gasteiger partial charge in [-0.3, -0.25) is 14.5 Å². The van der Waals surface area contributed by atoms with E-state index in [1.54, 1.807) is 20.8 Å². The van der Waals surface area contributed by atoms with Crippen molar-refractivity contribution in [3.8, 4) is 0 Å². The number of amides is 1. The van der Waals surface area contributed by atoms with Crippen molar-refractivity contribution < 1.29 is 31.9 Å². The number of esters is 1. The fourth-order valence-electron chi connectivity index (χ4n) is 2.31. The normalized spacial score (nSPS) is 11.2. The van der Waals surface area contributed by atoms with Gasteiger partial charge in [0.2, 0.25) is 0 Å². The average molecular weight is 383 g/mol. The predicted octanol–water partition coefficient (Wildman–Crippen LogP) is 4.23. The molecule has 0 aliphatic rings. The molecule has 2 aromatic carbocycles. The van der Waals surface area contributed by atoms with Gasteiger partial charge in [-0.1, -0.05) is 6.07 Å². The largest absolute Gasteiger partial charge is 0.459 e. The van der Waals surface area contributed by atoms with Gasteiger partial charge in [0.1, 0.15) is 41.0 Å². The molecule has 0 radical (unpaired) electrons. The second-order valence-electron chi connectivity index (χ2n) is 6.70. The summed E-state index contributed by atoms with van der Waals surface area (Å²) in [6.07, 6.45) is 0. The van der Waals surface area contributed by atoms with E-state index in [0.29, 0.717) is 17.0 Å². The lowest BCUT2D eigenvalue weighted by Crippen LogP contribution is -2.39. The van der Waals surface area contributed by atoms with Crippen LogP contribution in [0.3, 0.4) is 0 Å². The molecule has 27 heavy (non-hydrogen) atoms. The van der Waals surface area contributed by atoms with Gasteiger partial charge >= 0.3 is 5.97 Å². The van der Waals surface area contributed by atoms with Crippen molar-refractivity contribution in [2.75, 3.05) is 11.4 Å². The first-order valence-corrected chi connectivity index (χ1v) is 7.92. The molecule has 4 nitrogen and oxygen atoms in total. The van der Waals surface area contributed by atoms with E-state index in [2.05, 4.69) is 0 Å². The Morgan fingerprint density at radius 1 is 0.963 bits per heavy atom. The Morgan fingerprint density at radius 3 is 2.07 bits per heavy atom. The molecule has 0 aromatic heterocycles. The van der Waals surface area contributed by atoms with Gasteiger partial charge in [-0.15, -0.1) is 0 Å². The van der Waals surface area contributed by atoms with E-state index in [0.717, 1.165) is 12.1 Å². The number of rotatable bonds is 4. The zero-order valence-corrected chi connectivity index (χ0v) is 14.9. The minimum absolute atomic E-state index is 0.117. The zero-order valence-electron chi connectivity index (χ0n) is 14.9. The molecular weight excluding hydrogens is 366 g/mol. The third kappa shape index (κ3) is 5.29. The first-order valence-electron chi connectivity index (χ1n) is 7.92. The fourth-order valence-corrected chi connectivity index (χ4v) is 2.31. The molecule has 0 bridgehead atoms. The standard InChI is InChI=1S/C19H17F4NO3/c1-19(2,3)27-16(25)10-24(13-6-4-5-11(20)7-13)18(26)17-14(22)8-12(21)9-15(17)23/h4-9H,10H2,1-3H3. The van der Waals surface area contributed by atoms with Crippen molar-refractivity contribution in [2.45, 2.75) is 26.4 Å². The second-order valence-corrected chi connectivity index (χ2v) is 6.70. The third-order valence-electron chi connectivity index (χ3n) is 3.29. The second kappa shape index (κ2) is 7.77. The van der Waals surface area contributed by atoms with Gasteiger partial charge in [0.15, 0.2) is 0 Å². The molecule has 2 aromatic rings. The van der Waals surface area contributed by atoms with Gasteiger partial charge in [-0.2, -0.15) is 0 Å². The van der Waals surface area contributed by atoms with Crippen LogP contribution < -0.4 is 4.90 Å². The molecule has 0 aliphatic carbocycles. The molecule has 144 valence electrons. The van der Waals surface area contributed by atoms with Gasteiger partial charge in [0, 0.05) is 17.8 Å². The van der Waals surface area contributed by atoms with E-state index in [-0.39, 0.29) is 5.69 Å². The summed E-state index contributed by atoms with van der Waals surface area (Å²) in [5, 5.41) is 0. The molecule has 0 heterocycles. The first kappa shape index (κ1) is 20.4. The van der Waals surface area contributed by atoms with Crippen LogP contribution in [-0.4, -0.2) is 24.0 Å². The van der Waals surface area contributed by atoms with Gasteiger partial charge in [0.25, 0.3) is 5.91 Å². The van der Waals surface area contributed by atoms with Gasteiger partial charge in [0.05, 0.1) is 0 Å². The molecule has 0 saturated carbocycles. The Morgan fingerprint density at radius 2 is 1.56 bits per heavy atom. The van der Waals surface area contributed by atoms with Crippen LogP contribution in [-0.2, 0) is 9.53 Å². The maximum absolute atomic E-state index is 14.0. The summed E-state index contributed by atoms with van der Waals surface area (Å²) >= 11 is 0. The number of ether oxygens (including phenoxy) is 1. The quantitative estimate of drug-likeness (QED) is 0.586. The van der Waals surface area contributed by atoms with Crippen LogP contribution in [0.1, 0.15) is 31.1 Å². The number of nitrogens with zero attached hydrogens (tertiary/aromatic N) is 1. The molecule has 1 amide bonds. The number of hydrogen-bond acceptors (Lipinski definition) is 3. The summed E-state index contributed by atoms with van der Waals surface area (Å²) in [5.74, 6) is -6.96. The smallest absolute Gasteiger partial charge is 0.326 e. The summed E-state index contributed by atoms with van der Waals surface area (Å²) in [7, 11) is 0. The van der Waals surface area contributed by atoms with Crippen LogP contribution in [0, 0.1) is 23.3 Å². The van der Waals surface area contributed by atoms with Crippen molar-refractivity contribution in [1.29, 1.82) is 0 Å². The number of hydrogen-bond donors (Lipinski definition) is 0. The Hall–Kier alpha value is -2.90. The highest BCUT2D eigenvalue weighted by molar-refractivity contribution is 6.08. The van der Waals surface area contributed by atoms with Gasteiger partial charge in [-0.05, 0) is 39.0 Å². The molecule has 0 spiro atoms. The molecule has 0 fully saturated rings. The van der Waals surface area contributed by atoms with Crippen LogP contribution >= 0.6 is 0 Å². The Kier molecular flexibility index (Phi) is 5.88. The summed E-state index contributed by atoms with van der Waals surface area (Å²) < 4.78 is 59.8. The molecular formula is C19H17F4NO3. The molecule has 0 saturated heterocycles. The number of carbonyl (C=O) groups is 2. The van der Waals surface area contributed by atoms with Crippen molar-refractivity contribution in [1.82, 2.24) is 0 Å². The zero-order chi connectivity index (χ0) is 20.4. The topological polar surface area (TPSA) is 46.6 Å². The summed E-state index contributed by atoms with van der Waals surface area (Å²) in [4.78, 5) is 25.5. The first-order chi connectivity index (χ1) is 12.5. The van der Waals surface area contributed by atoms with E-state index >= 15 is 0 Å². The highest BCUT2D eigenvalue weighted by Gasteiger charge is 2.29. The summed E-state index contributed by atoms with van der Waals surface area (Å²) in [5.41, 5.74) is -2.06. The van der Waals surface area contributed by atoms with Crippen molar-refractivity contribution >= 4 is 17.6 Å². The Labute approximate surface area is 153 Å². The van der Waals surface area contributed by atoms with E-state index in [1.807, 2.05) is 0 Å². The molecule has 8 heteroatoms. The van der Waals surface area contributed by atoms with E-state index < -0.39 is 52.9 Å². The molecule has 2 rings (SSSR count). The van der Waals surface area contributed by atoms with Crippen LogP contribution in [0.15, 0.2) is 36.4 Å². The van der Waals surface area contributed by atoms with Crippen molar-refractivity contribution in [2.24, 2.45) is 0 Å². The molecule has 0 unspecified atom stereocenters. The highest BCUT2D eigenvalue weighted by atomic mass is 19.1.